The van der Waals surface area contributed by atoms with Crippen LogP contribution in [0.3, 0.4) is 0 Å². The normalized spacial score (nSPS) is 13.0. The molecule has 1 atom stereocenters. The second-order valence-corrected chi connectivity index (χ2v) is 2.83. The lowest BCUT2D eigenvalue weighted by atomic mass is 10.4. The molecule has 0 rings (SSSR count). The largest absolute Gasteiger partial charge is 0.380 e. The molecular formula is C6H13NO2S. The van der Waals surface area contributed by atoms with Gasteiger partial charge in [-0.2, -0.15) is 0 Å². The lowest BCUT2D eigenvalue weighted by molar-refractivity contribution is -0.118. The number of amides is 1. The van der Waals surface area contributed by atoms with Gasteiger partial charge in [0.1, 0.15) is 5.25 Å². The van der Waals surface area contributed by atoms with Gasteiger partial charge in [-0.1, -0.05) is 0 Å². The van der Waals surface area contributed by atoms with Gasteiger partial charge in [0.05, 0.1) is 6.61 Å². The van der Waals surface area contributed by atoms with Crippen LogP contribution in [-0.2, 0) is 9.53 Å². The Labute approximate surface area is 65.3 Å². The number of carbonyl (C=O) groups is 1. The summed E-state index contributed by atoms with van der Waals surface area (Å²) in [7, 11) is 0. The van der Waals surface area contributed by atoms with Crippen molar-refractivity contribution in [1.29, 1.82) is 0 Å². The van der Waals surface area contributed by atoms with E-state index in [9.17, 15) is 4.79 Å². The molecule has 0 aromatic heterocycles. The van der Waals surface area contributed by atoms with Crippen molar-refractivity contribution in [1.82, 2.24) is 0 Å². The molecule has 0 aliphatic heterocycles. The summed E-state index contributed by atoms with van der Waals surface area (Å²) in [6.45, 7) is 2.94. The van der Waals surface area contributed by atoms with E-state index in [0.29, 0.717) is 13.2 Å². The van der Waals surface area contributed by atoms with E-state index in [0.717, 1.165) is 0 Å². The topological polar surface area (TPSA) is 52.3 Å². The van der Waals surface area contributed by atoms with E-state index in [1.807, 2.05) is 13.2 Å². The van der Waals surface area contributed by atoms with Crippen LogP contribution in [-0.4, -0.2) is 30.6 Å². The number of carbonyl (C=O) groups excluding carboxylic acids is 1. The zero-order chi connectivity index (χ0) is 7.98. The Kier molecular flexibility index (Phi) is 5.43. The predicted molar refractivity (Wildman–Crippen MR) is 43.0 cm³/mol. The highest BCUT2D eigenvalue weighted by Crippen LogP contribution is 2.05. The average molecular weight is 163 g/mol. The van der Waals surface area contributed by atoms with E-state index in [1.165, 1.54) is 11.8 Å². The molecule has 0 saturated heterocycles. The smallest absolute Gasteiger partial charge is 0.232 e. The minimum Gasteiger partial charge on any atom is -0.380 e. The van der Waals surface area contributed by atoms with E-state index in [-0.39, 0.29) is 11.2 Å². The average Bonchev–Trinajstić information content (AvgIpc) is 1.89. The van der Waals surface area contributed by atoms with Gasteiger partial charge in [-0.05, 0) is 13.2 Å². The molecule has 0 aromatic carbocycles. The molecule has 0 aliphatic rings. The van der Waals surface area contributed by atoms with Crippen molar-refractivity contribution in [3.05, 3.63) is 0 Å². The van der Waals surface area contributed by atoms with Gasteiger partial charge in [-0.25, -0.2) is 0 Å². The standard InChI is InChI=1S/C6H13NO2S/c1-3-9-4-5(10-2)6(7)8/h5H,3-4H2,1-2H3,(H2,7,8). The molecule has 0 radical (unpaired) electrons. The van der Waals surface area contributed by atoms with Crippen molar-refractivity contribution in [3.8, 4) is 0 Å². The Morgan fingerprint density at radius 3 is 2.70 bits per heavy atom. The highest BCUT2D eigenvalue weighted by Gasteiger charge is 2.12. The van der Waals surface area contributed by atoms with Crippen LogP contribution in [0, 0.1) is 0 Å². The van der Waals surface area contributed by atoms with Gasteiger partial charge >= 0.3 is 0 Å². The fraction of sp³-hybridized carbons (Fsp3) is 0.833. The number of thioether (sulfide) groups is 1. The Balaban J connectivity index is 3.50. The second-order valence-electron chi connectivity index (χ2n) is 1.79. The molecule has 10 heavy (non-hydrogen) atoms. The van der Waals surface area contributed by atoms with Crippen molar-refractivity contribution < 1.29 is 9.53 Å². The van der Waals surface area contributed by atoms with Gasteiger partial charge in [0.2, 0.25) is 5.91 Å². The van der Waals surface area contributed by atoms with Crippen molar-refractivity contribution in [2.24, 2.45) is 5.73 Å². The van der Waals surface area contributed by atoms with E-state index in [1.54, 1.807) is 0 Å². The van der Waals surface area contributed by atoms with Crippen LogP contribution in [0.5, 0.6) is 0 Å². The summed E-state index contributed by atoms with van der Waals surface area (Å²) >= 11 is 1.42. The Morgan fingerprint density at radius 1 is 1.80 bits per heavy atom. The first-order chi connectivity index (χ1) is 4.72. The van der Waals surface area contributed by atoms with Crippen molar-refractivity contribution >= 4 is 17.7 Å². The van der Waals surface area contributed by atoms with Crippen molar-refractivity contribution in [3.63, 3.8) is 0 Å². The third-order valence-electron chi connectivity index (χ3n) is 1.08. The SMILES string of the molecule is CCOCC(SC)C(N)=O. The Morgan fingerprint density at radius 2 is 2.40 bits per heavy atom. The van der Waals surface area contributed by atoms with E-state index >= 15 is 0 Å². The molecule has 1 unspecified atom stereocenters. The molecule has 0 aromatic rings. The number of rotatable bonds is 5. The van der Waals surface area contributed by atoms with E-state index in [4.69, 9.17) is 10.5 Å². The summed E-state index contributed by atoms with van der Waals surface area (Å²) in [5.74, 6) is -0.305. The maximum Gasteiger partial charge on any atom is 0.232 e. The van der Waals surface area contributed by atoms with Crippen LogP contribution in [0.1, 0.15) is 6.92 Å². The molecular weight excluding hydrogens is 150 g/mol. The number of hydrogen-bond acceptors (Lipinski definition) is 3. The van der Waals surface area contributed by atoms with Gasteiger partial charge in [-0.15, -0.1) is 11.8 Å². The molecule has 3 nitrogen and oxygen atoms in total. The summed E-state index contributed by atoms with van der Waals surface area (Å²) in [6, 6.07) is 0. The van der Waals surface area contributed by atoms with Gasteiger partial charge in [0.15, 0.2) is 0 Å². The van der Waals surface area contributed by atoms with Gasteiger partial charge < -0.3 is 10.5 Å². The van der Waals surface area contributed by atoms with Crippen molar-refractivity contribution in [2.45, 2.75) is 12.2 Å². The van der Waals surface area contributed by atoms with Gasteiger partial charge in [0, 0.05) is 6.61 Å². The molecule has 0 saturated carbocycles. The first-order valence-corrected chi connectivity index (χ1v) is 4.41. The van der Waals surface area contributed by atoms with Gasteiger partial charge in [-0.3, -0.25) is 4.79 Å². The lowest BCUT2D eigenvalue weighted by Crippen LogP contribution is -2.29. The lowest BCUT2D eigenvalue weighted by Gasteiger charge is -2.08. The first kappa shape index (κ1) is 9.78. The van der Waals surface area contributed by atoms with E-state index in [2.05, 4.69) is 0 Å². The number of hydrogen-bond donors (Lipinski definition) is 1. The molecule has 0 bridgehead atoms. The zero-order valence-corrected chi connectivity index (χ0v) is 7.11. The van der Waals surface area contributed by atoms with Crippen LogP contribution in [0.15, 0.2) is 0 Å². The third-order valence-corrected chi connectivity index (χ3v) is 2.01. The predicted octanol–water partition coefficient (Wildman–Crippen LogP) is 0.240. The first-order valence-electron chi connectivity index (χ1n) is 3.12. The summed E-state index contributed by atoms with van der Waals surface area (Å²) in [5.41, 5.74) is 5.05. The summed E-state index contributed by atoms with van der Waals surface area (Å²) < 4.78 is 5.03. The number of ether oxygens (including phenoxy) is 1. The molecule has 4 heteroatoms. The highest BCUT2D eigenvalue weighted by molar-refractivity contribution is 7.99. The number of nitrogens with two attached hydrogens (primary N) is 1. The molecule has 0 fully saturated rings. The van der Waals surface area contributed by atoms with Crippen LogP contribution >= 0.6 is 11.8 Å². The molecule has 2 N–H and O–H groups in total. The fourth-order valence-corrected chi connectivity index (χ4v) is 0.956. The van der Waals surface area contributed by atoms with Crippen molar-refractivity contribution in [2.75, 3.05) is 19.5 Å². The zero-order valence-electron chi connectivity index (χ0n) is 6.29. The molecule has 60 valence electrons. The maximum atomic E-state index is 10.6. The second kappa shape index (κ2) is 5.56. The molecule has 1 amide bonds. The van der Waals surface area contributed by atoms with Crippen LogP contribution < -0.4 is 5.73 Å². The summed E-state index contributed by atoms with van der Waals surface area (Å²) in [5, 5.41) is -0.194. The summed E-state index contributed by atoms with van der Waals surface area (Å²) in [4.78, 5) is 10.6. The molecule has 0 aliphatic carbocycles. The Hall–Kier alpha value is -0.220. The van der Waals surface area contributed by atoms with E-state index < -0.39 is 0 Å². The summed E-state index contributed by atoms with van der Waals surface area (Å²) in [6.07, 6.45) is 1.84. The highest BCUT2D eigenvalue weighted by atomic mass is 32.2. The quantitative estimate of drug-likeness (QED) is 0.631. The maximum absolute atomic E-state index is 10.6. The number of primary amides is 1. The minimum absolute atomic E-state index is 0.194. The van der Waals surface area contributed by atoms with Crippen LogP contribution in [0.4, 0.5) is 0 Å². The Bertz CT molecular complexity index is 108. The van der Waals surface area contributed by atoms with Crippen LogP contribution in [0.2, 0.25) is 0 Å². The fourth-order valence-electron chi connectivity index (χ4n) is 0.491. The minimum atomic E-state index is -0.305. The third kappa shape index (κ3) is 3.74. The van der Waals surface area contributed by atoms with Gasteiger partial charge in [0.25, 0.3) is 0 Å². The molecule has 0 spiro atoms. The molecule has 0 heterocycles. The van der Waals surface area contributed by atoms with Crippen LogP contribution in [0.25, 0.3) is 0 Å². The monoisotopic (exact) mass is 163 g/mol.